The second-order valence-electron chi connectivity index (χ2n) is 6.36. The predicted molar refractivity (Wildman–Crippen MR) is 86.1 cm³/mol. The second kappa shape index (κ2) is 6.62. The molecule has 1 aliphatic carbocycles. The monoisotopic (exact) mass is 272 g/mol. The highest BCUT2D eigenvalue weighted by Gasteiger charge is 2.33. The van der Waals surface area contributed by atoms with Crippen LogP contribution in [0.3, 0.4) is 0 Å². The average Bonchev–Trinajstić information content (AvgIpc) is 2.53. The highest BCUT2D eigenvalue weighted by atomic mass is 15.2. The first kappa shape index (κ1) is 13.9. The van der Waals surface area contributed by atoms with Crippen LogP contribution in [0.4, 0.5) is 5.69 Å². The van der Waals surface area contributed by atoms with Gasteiger partial charge in [-0.15, -0.1) is 0 Å². The highest BCUT2D eigenvalue weighted by molar-refractivity contribution is 5.55. The number of fused-ring (bicyclic) bond motifs is 1. The minimum Gasteiger partial charge on any atom is -0.368 e. The largest absolute Gasteiger partial charge is 0.368 e. The topological polar surface area (TPSA) is 15.3 Å². The molecule has 1 saturated heterocycles. The van der Waals surface area contributed by atoms with Crippen molar-refractivity contribution in [2.45, 2.75) is 58.0 Å². The van der Waals surface area contributed by atoms with E-state index in [9.17, 15) is 0 Å². The predicted octanol–water partition coefficient (Wildman–Crippen LogP) is 3.96. The van der Waals surface area contributed by atoms with Crippen LogP contribution in [-0.2, 0) is 6.54 Å². The number of nitrogens with zero attached hydrogens (tertiary/aromatic N) is 1. The third kappa shape index (κ3) is 2.85. The zero-order valence-corrected chi connectivity index (χ0v) is 12.8. The summed E-state index contributed by atoms with van der Waals surface area (Å²) in [6.07, 6.45) is 8.56. The van der Waals surface area contributed by atoms with Gasteiger partial charge in [-0.25, -0.2) is 0 Å². The molecule has 20 heavy (non-hydrogen) atoms. The van der Waals surface area contributed by atoms with Gasteiger partial charge in [0.25, 0.3) is 0 Å². The lowest BCUT2D eigenvalue weighted by atomic mass is 9.78. The summed E-state index contributed by atoms with van der Waals surface area (Å²) in [5, 5.41) is 3.49. The third-order valence-corrected chi connectivity index (χ3v) is 5.11. The van der Waals surface area contributed by atoms with Crippen LogP contribution in [0, 0.1) is 5.92 Å². The van der Waals surface area contributed by atoms with Crippen LogP contribution in [0.2, 0.25) is 0 Å². The SMILES string of the molecule is CCNCc1ccccc1N1CCC[C@H]2CCCC[C@H]21. The van der Waals surface area contributed by atoms with E-state index in [1.807, 2.05) is 0 Å². The fourth-order valence-electron chi connectivity index (χ4n) is 4.12. The summed E-state index contributed by atoms with van der Waals surface area (Å²) in [6.45, 7) is 5.48. The minimum atomic E-state index is 0.806. The van der Waals surface area contributed by atoms with Gasteiger partial charge >= 0.3 is 0 Å². The summed E-state index contributed by atoms with van der Waals surface area (Å²) in [6, 6.07) is 9.82. The van der Waals surface area contributed by atoms with Crippen molar-refractivity contribution in [3.8, 4) is 0 Å². The van der Waals surface area contributed by atoms with Gasteiger partial charge < -0.3 is 10.2 Å². The molecular weight excluding hydrogens is 244 g/mol. The van der Waals surface area contributed by atoms with Gasteiger partial charge in [-0.3, -0.25) is 0 Å². The quantitative estimate of drug-likeness (QED) is 0.892. The molecule has 0 radical (unpaired) electrons. The molecule has 2 nitrogen and oxygen atoms in total. The van der Waals surface area contributed by atoms with E-state index >= 15 is 0 Å². The molecule has 0 bridgehead atoms. The molecule has 1 saturated carbocycles. The van der Waals surface area contributed by atoms with E-state index < -0.39 is 0 Å². The lowest BCUT2D eigenvalue weighted by Gasteiger charge is -2.46. The molecule has 0 amide bonds. The average molecular weight is 272 g/mol. The Labute approximate surface area is 123 Å². The van der Waals surface area contributed by atoms with Crippen molar-refractivity contribution in [3.05, 3.63) is 29.8 Å². The molecule has 0 aromatic heterocycles. The Bertz CT molecular complexity index is 427. The van der Waals surface area contributed by atoms with Crippen molar-refractivity contribution in [1.82, 2.24) is 5.32 Å². The summed E-state index contributed by atoms with van der Waals surface area (Å²) in [4.78, 5) is 2.74. The standard InChI is InChI=1S/C18H28N2/c1-2-19-14-16-9-4-6-12-18(16)20-13-7-10-15-8-3-5-11-17(15)20/h4,6,9,12,15,17,19H,2-3,5,7-8,10-11,13-14H2,1H3/t15-,17-/m1/s1. The number of piperidine rings is 1. The third-order valence-electron chi connectivity index (χ3n) is 5.11. The van der Waals surface area contributed by atoms with Crippen LogP contribution >= 0.6 is 0 Å². The summed E-state index contributed by atoms with van der Waals surface area (Å²) in [5.74, 6) is 0.949. The summed E-state index contributed by atoms with van der Waals surface area (Å²) in [5.41, 5.74) is 2.96. The lowest BCUT2D eigenvalue weighted by molar-refractivity contribution is 0.243. The van der Waals surface area contributed by atoms with E-state index in [1.54, 1.807) is 0 Å². The smallest absolute Gasteiger partial charge is 0.0414 e. The first-order valence-corrected chi connectivity index (χ1v) is 8.45. The Hall–Kier alpha value is -1.02. The van der Waals surface area contributed by atoms with Crippen LogP contribution in [0.25, 0.3) is 0 Å². The van der Waals surface area contributed by atoms with Gasteiger partial charge in [0.05, 0.1) is 0 Å². The molecule has 2 aliphatic rings. The van der Waals surface area contributed by atoms with Gasteiger partial charge in [-0.05, 0) is 49.8 Å². The van der Waals surface area contributed by atoms with Crippen LogP contribution in [0.5, 0.6) is 0 Å². The van der Waals surface area contributed by atoms with Crippen molar-refractivity contribution >= 4 is 5.69 Å². The highest BCUT2D eigenvalue weighted by Crippen LogP contribution is 2.38. The van der Waals surface area contributed by atoms with Crippen LogP contribution < -0.4 is 10.2 Å². The number of anilines is 1. The van der Waals surface area contributed by atoms with Gasteiger partial charge in [-0.2, -0.15) is 0 Å². The number of hydrogen-bond donors (Lipinski definition) is 1. The van der Waals surface area contributed by atoms with Gasteiger partial charge in [-0.1, -0.05) is 38.0 Å². The van der Waals surface area contributed by atoms with E-state index in [-0.39, 0.29) is 0 Å². The summed E-state index contributed by atoms with van der Waals surface area (Å²) in [7, 11) is 0. The molecule has 2 atom stereocenters. The fourth-order valence-corrected chi connectivity index (χ4v) is 4.12. The first-order valence-electron chi connectivity index (χ1n) is 8.45. The zero-order valence-electron chi connectivity index (χ0n) is 12.8. The minimum absolute atomic E-state index is 0.806. The number of rotatable bonds is 4. The van der Waals surface area contributed by atoms with Crippen molar-refractivity contribution < 1.29 is 0 Å². The summed E-state index contributed by atoms with van der Waals surface area (Å²) < 4.78 is 0. The molecule has 1 aromatic carbocycles. The van der Waals surface area contributed by atoms with E-state index in [0.29, 0.717) is 0 Å². The number of benzene rings is 1. The van der Waals surface area contributed by atoms with Crippen molar-refractivity contribution in [3.63, 3.8) is 0 Å². The molecule has 1 aromatic rings. The fraction of sp³-hybridized carbons (Fsp3) is 0.667. The van der Waals surface area contributed by atoms with E-state index in [1.165, 1.54) is 56.3 Å². The van der Waals surface area contributed by atoms with Gasteiger partial charge in [0, 0.05) is 24.8 Å². The normalized spacial score (nSPS) is 26.4. The zero-order chi connectivity index (χ0) is 13.8. The lowest BCUT2D eigenvalue weighted by Crippen LogP contribution is -2.47. The van der Waals surface area contributed by atoms with Crippen LogP contribution in [0.15, 0.2) is 24.3 Å². The Kier molecular flexibility index (Phi) is 4.62. The molecule has 1 heterocycles. The van der Waals surface area contributed by atoms with Crippen molar-refractivity contribution in [2.24, 2.45) is 5.92 Å². The molecular formula is C18H28N2. The Morgan fingerprint density at radius 1 is 1.10 bits per heavy atom. The molecule has 0 spiro atoms. The molecule has 2 heteroatoms. The molecule has 3 rings (SSSR count). The number of hydrogen-bond acceptors (Lipinski definition) is 2. The molecule has 2 fully saturated rings. The molecule has 1 N–H and O–H groups in total. The summed E-state index contributed by atoms with van der Waals surface area (Å²) >= 11 is 0. The van der Waals surface area contributed by atoms with Crippen LogP contribution in [0.1, 0.15) is 51.0 Å². The Morgan fingerprint density at radius 3 is 2.80 bits per heavy atom. The first-order chi connectivity index (χ1) is 9.90. The van der Waals surface area contributed by atoms with Gasteiger partial charge in [0.2, 0.25) is 0 Å². The van der Waals surface area contributed by atoms with Gasteiger partial charge in [0.1, 0.15) is 0 Å². The van der Waals surface area contributed by atoms with E-state index in [4.69, 9.17) is 0 Å². The number of para-hydroxylation sites is 1. The van der Waals surface area contributed by atoms with E-state index in [2.05, 4.69) is 41.4 Å². The maximum Gasteiger partial charge on any atom is 0.0414 e. The molecule has 1 aliphatic heterocycles. The Balaban J connectivity index is 1.83. The maximum absolute atomic E-state index is 3.49. The maximum atomic E-state index is 3.49. The van der Waals surface area contributed by atoms with Gasteiger partial charge in [0.15, 0.2) is 0 Å². The van der Waals surface area contributed by atoms with Crippen LogP contribution in [-0.4, -0.2) is 19.1 Å². The van der Waals surface area contributed by atoms with E-state index in [0.717, 1.165) is 25.0 Å². The second-order valence-corrected chi connectivity index (χ2v) is 6.36. The molecule has 110 valence electrons. The molecule has 0 unspecified atom stereocenters. The number of nitrogens with one attached hydrogen (secondary N) is 1. The Morgan fingerprint density at radius 2 is 1.90 bits per heavy atom. The van der Waals surface area contributed by atoms with Crippen molar-refractivity contribution in [1.29, 1.82) is 0 Å². The van der Waals surface area contributed by atoms with Crippen molar-refractivity contribution in [2.75, 3.05) is 18.0 Å².